The molecule has 1 N–H and O–H groups in total. The number of piperazine rings is 1. The van der Waals surface area contributed by atoms with Crippen molar-refractivity contribution in [3.8, 4) is 5.75 Å². The second-order valence-corrected chi connectivity index (χ2v) is 8.06. The summed E-state index contributed by atoms with van der Waals surface area (Å²) in [7, 11) is 0. The molecule has 0 aliphatic carbocycles. The summed E-state index contributed by atoms with van der Waals surface area (Å²) < 4.78 is 7.27. The Labute approximate surface area is 190 Å². The quantitative estimate of drug-likeness (QED) is 0.511. The van der Waals surface area contributed by atoms with Gasteiger partial charge in [0.05, 0.1) is 11.0 Å². The van der Waals surface area contributed by atoms with Crippen LogP contribution in [0.15, 0.2) is 71.5 Å². The highest BCUT2D eigenvalue weighted by Gasteiger charge is 2.25. The molecular weight excluding hydrogens is 420 g/mol. The van der Waals surface area contributed by atoms with Crippen LogP contribution in [0.5, 0.6) is 5.75 Å². The normalized spacial score (nSPS) is 14.1. The van der Waals surface area contributed by atoms with E-state index in [-0.39, 0.29) is 30.7 Å². The Hall–Kier alpha value is -4.07. The molecular formula is C25H24N4O4. The lowest BCUT2D eigenvalue weighted by Gasteiger charge is -2.34. The number of imidazole rings is 1. The third kappa shape index (κ3) is 4.19. The first-order chi connectivity index (χ1) is 16.1. The molecule has 0 radical (unpaired) electrons. The number of H-pyrrole nitrogens is 1. The summed E-state index contributed by atoms with van der Waals surface area (Å²) in [6.45, 7) is 1.65. The summed E-state index contributed by atoms with van der Waals surface area (Å²) in [5, 5.41) is 2.03. The van der Waals surface area contributed by atoms with E-state index in [0.29, 0.717) is 43.0 Å². The van der Waals surface area contributed by atoms with Crippen LogP contribution in [0.4, 0.5) is 0 Å². The second kappa shape index (κ2) is 8.82. The summed E-state index contributed by atoms with van der Waals surface area (Å²) in [6.07, 6.45) is 0. The van der Waals surface area contributed by atoms with E-state index in [0.717, 1.165) is 10.8 Å². The standard InChI is InChI=1S/C25H24N4O4/c30-23(16-29-21-10-4-3-9-20(21)26-25(29)32)27-12-14-28(15-13-27)24(31)17-33-22-11-5-7-18-6-1-2-8-19(18)22/h1-11H,12-17H2,(H,26,32). The number of amides is 2. The maximum Gasteiger partial charge on any atom is 0.326 e. The van der Waals surface area contributed by atoms with Gasteiger partial charge in [-0.1, -0.05) is 48.5 Å². The fourth-order valence-electron chi connectivity index (χ4n) is 4.26. The summed E-state index contributed by atoms with van der Waals surface area (Å²) in [5.74, 6) is 0.434. The van der Waals surface area contributed by atoms with Crippen molar-refractivity contribution in [3.05, 3.63) is 77.2 Å². The van der Waals surface area contributed by atoms with Crippen LogP contribution in [-0.4, -0.2) is 64.0 Å². The van der Waals surface area contributed by atoms with Crippen molar-refractivity contribution in [1.29, 1.82) is 0 Å². The number of nitrogens with zero attached hydrogens (tertiary/aromatic N) is 3. The Balaban J connectivity index is 1.16. The third-order valence-corrected chi connectivity index (χ3v) is 6.06. The number of aromatic amines is 1. The van der Waals surface area contributed by atoms with E-state index in [2.05, 4.69) is 4.98 Å². The van der Waals surface area contributed by atoms with Gasteiger partial charge in [-0.25, -0.2) is 4.79 Å². The lowest BCUT2D eigenvalue weighted by Crippen LogP contribution is -2.52. The summed E-state index contributed by atoms with van der Waals surface area (Å²) in [5.41, 5.74) is 1.11. The number of benzene rings is 3. The minimum Gasteiger partial charge on any atom is -0.483 e. The number of aromatic nitrogens is 2. The van der Waals surface area contributed by atoms with Gasteiger partial charge in [-0.15, -0.1) is 0 Å². The fraction of sp³-hybridized carbons (Fsp3) is 0.240. The number of fused-ring (bicyclic) bond motifs is 2. The highest BCUT2D eigenvalue weighted by atomic mass is 16.5. The Morgan fingerprint density at radius 1 is 0.818 bits per heavy atom. The zero-order valence-corrected chi connectivity index (χ0v) is 18.1. The molecule has 0 saturated carbocycles. The minimum atomic E-state index is -0.302. The van der Waals surface area contributed by atoms with Crippen molar-refractivity contribution in [2.45, 2.75) is 6.54 Å². The number of hydrogen-bond acceptors (Lipinski definition) is 4. The molecule has 33 heavy (non-hydrogen) atoms. The van der Waals surface area contributed by atoms with Gasteiger partial charge in [0.2, 0.25) is 5.91 Å². The number of rotatable bonds is 5. The Morgan fingerprint density at radius 3 is 2.30 bits per heavy atom. The van der Waals surface area contributed by atoms with E-state index < -0.39 is 0 Å². The van der Waals surface area contributed by atoms with Crippen LogP contribution >= 0.6 is 0 Å². The topological polar surface area (TPSA) is 87.6 Å². The van der Waals surface area contributed by atoms with E-state index >= 15 is 0 Å². The van der Waals surface area contributed by atoms with Crippen LogP contribution < -0.4 is 10.4 Å². The van der Waals surface area contributed by atoms with E-state index in [1.54, 1.807) is 9.80 Å². The SMILES string of the molecule is O=C(COc1cccc2ccccc12)N1CCN(C(=O)Cn2c(=O)[nH]c3ccccc32)CC1. The molecule has 1 aliphatic heterocycles. The number of carbonyl (C=O) groups excluding carboxylic acids is 2. The maximum atomic E-state index is 12.8. The largest absolute Gasteiger partial charge is 0.483 e. The second-order valence-electron chi connectivity index (χ2n) is 8.06. The molecule has 2 heterocycles. The number of ether oxygens (including phenoxy) is 1. The molecule has 1 saturated heterocycles. The molecule has 0 atom stereocenters. The third-order valence-electron chi connectivity index (χ3n) is 6.06. The molecule has 1 aromatic heterocycles. The Bertz CT molecular complexity index is 1380. The summed E-state index contributed by atoms with van der Waals surface area (Å²) >= 11 is 0. The van der Waals surface area contributed by atoms with Crippen LogP contribution in [0.25, 0.3) is 21.8 Å². The molecule has 8 heteroatoms. The van der Waals surface area contributed by atoms with Crippen LogP contribution in [0.1, 0.15) is 0 Å². The number of para-hydroxylation sites is 2. The van der Waals surface area contributed by atoms with Gasteiger partial charge in [-0.2, -0.15) is 0 Å². The predicted octanol–water partition coefficient (Wildman–Crippen LogP) is 2.23. The molecule has 3 aromatic carbocycles. The molecule has 0 spiro atoms. The smallest absolute Gasteiger partial charge is 0.326 e. The van der Waals surface area contributed by atoms with Crippen LogP contribution in [-0.2, 0) is 16.1 Å². The van der Waals surface area contributed by atoms with Crippen LogP contribution in [0, 0.1) is 0 Å². The molecule has 0 bridgehead atoms. The van der Waals surface area contributed by atoms with E-state index in [4.69, 9.17) is 4.74 Å². The van der Waals surface area contributed by atoms with E-state index in [1.165, 1.54) is 4.57 Å². The van der Waals surface area contributed by atoms with Crippen molar-refractivity contribution in [2.75, 3.05) is 32.8 Å². The molecule has 0 unspecified atom stereocenters. The van der Waals surface area contributed by atoms with Gasteiger partial charge in [0.25, 0.3) is 5.91 Å². The first-order valence-electron chi connectivity index (χ1n) is 10.9. The summed E-state index contributed by atoms with van der Waals surface area (Å²) in [4.78, 5) is 43.9. The van der Waals surface area contributed by atoms with E-state index in [1.807, 2.05) is 66.7 Å². The van der Waals surface area contributed by atoms with Gasteiger partial charge in [0, 0.05) is 31.6 Å². The lowest BCUT2D eigenvalue weighted by molar-refractivity contribution is -0.141. The molecule has 168 valence electrons. The monoisotopic (exact) mass is 444 g/mol. The van der Waals surface area contributed by atoms with Gasteiger partial charge >= 0.3 is 5.69 Å². The lowest BCUT2D eigenvalue weighted by atomic mass is 10.1. The Kier molecular flexibility index (Phi) is 5.56. The average molecular weight is 444 g/mol. The fourth-order valence-corrected chi connectivity index (χ4v) is 4.26. The van der Waals surface area contributed by atoms with Gasteiger partial charge in [0.1, 0.15) is 12.3 Å². The van der Waals surface area contributed by atoms with Crippen molar-refractivity contribution in [1.82, 2.24) is 19.4 Å². The first-order valence-corrected chi connectivity index (χ1v) is 10.9. The molecule has 5 rings (SSSR count). The van der Waals surface area contributed by atoms with Gasteiger partial charge < -0.3 is 19.5 Å². The van der Waals surface area contributed by atoms with Gasteiger partial charge in [0.15, 0.2) is 6.61 Å². The number of carbonyl (C=O) groups is 2. The average Bonchev–Trinajstić information content (AvgIpc) is 3.17. The van der Waals surface area contributed by atoms with Crippen molar-refractivity contribution >= 4 is 33.6 Å². The van der Waals surface area contributed by atoms with Crippen molar-refractivity contribution in [2.24, 2.45) is 0 Å². The molecule has 2 amide bonds. The minimum absolute atomic E-state index is 0.0268. The van der Waals surface area contributed by atoms with Crippen LogP contribution in [0.3, 0.4) is 0 Å². The molecule has 8 nitrogen and oxygen atoms in total. The first kappa shape index (κ1) is 20.8. The Morgan fingerprint density at radius 2 is 1.48 bits per heavy atom. The van der Waals surface area contributed by atoms with Crippen LogP contribution in [0.2, 0.25) is 0 Å². The summed E-state index contributed by atoms with van der Waals surface area (Å²) in [6, 6.07) is 20.9. The maximum absolute atomic E-state index is 12.8. The zero-order valence-electron chi connectivity index (χ0n) is 18.1. The highest BCUT2D eigenvalue weighted by Crippen LogP contribution is 2.25. The van der Waals surface area contributed by atoms with Gasteiger partial charge in [-0.3, -0.25) is 14.2 Å². The number of hydrogen-bond donors (Lipinski definition) is 1. The molecule has 1 fully saturated rings. The van der Waals surface area contributed by atoms with Crippen molar-refractivity contribution in [3.63, 3.8) is 0 Å². The predicted molar refractivity (Wildman–Crippen MR) is 125 cm³/mol. The van der Waals surface area contributed by atoms with Crippen molar-refractivity contribution < 1.29 is 14.3 Å². The highest BCUT2D eigenvalue weighted by molar-refractivity contribution is 5.88. The zero-order chi connectivity index (χ0) is 22.8. The molecule has 4 aromatic rings. The number of nitrogens with one attached hydrogen (secondary N) is 1. The molecule has 1 aliphatic rings. The van der Waals surface area contributed by atoms with E-state index in [9.17, 15) is 14.4 Å². The van der Waals surface area contributed by atoms with Gasteiger partial charge in [-0.05, 0) is 23.6 Å².